The second-order valence-electron chi connectivity index (χ2n) is 8.16. The SMILES string of the molecule is CC1CCN(Cc2ccc(CNC(=O)NCc3cccc(OCC(F)F)c3)cc2)CC1. The molecule has 2 amide bonds. The summed E-state index contributed by atoms with van der Waals surface area (Å²) >= 11 is 0. The molecule has 1 saturated heterocycles. The zero-order valence-corrected chi connectivity index (χ0v) is 17.9. The lowest BCUT2D eigenvalue weighted by molar-refractivity contribution is 0.0818. The molecule has 0 bridgehead atoms. The Morgan fingerprint density at radius 1 is 1.03 bits per heavy atom. The van der Waals surface area contributed by atoms with Crippen LogP contribution in [0.4, 0.5) is 13.6 Å². The molecule has 3 rings (SSSR count). The minimum atomic E-state index is -2.52. The monoisotopic (exact) mass is 431 g/mol. The summed E-state index contributed by atoms with van der Waals surface area (Å²) in [6, 6.07) is 14.8. The normalized spacial score (nSPS) is 15.1. The van der Waals surface area contributed by atoms with Crippen LogP contribution in [0.5, 0.6) is 5.75 Å². The van der Waals surface area contributed by atoms with E-state index in [4.69, 9.17) is 4.74 Å². The molecule has 5 nitrogen and oxygen atoms in total. The molecular weight excluding hydrogens is 400 g/mol. The van der Waals surface area contributed by atoms with Gasteiger partial charge < -0.3 is 15.4 Å². The molecule has 31 heavy (non-hydrogen) atoms. The summed E-state index contributed by atoms with van der Waals surface area (Å²) in [6.45, 7) is 5.68. The lowest BCUT2D eigenvalue weighted by atomic mass is 9.99. The van der Waals surface area contributed by atoms with Gasteiger partial charge in [-0.15, -0.1) is 0 Å². The average Bonchev–Trinajstić information content (AvgIpc) is 2.77. The number of carbonyl (C=O) groups is 1. The molecule has 0 unspecified atom stereocenters. The summed E-state index contributed by atoms with van der Waals surface area (Å²) in [5.41, 5.74) is 3.10. The summed E-state index contributed by atoms with van der Waals surface area (Å²) in [4.78, 5) is 14.6. The van der Waals surface area contributed by atoms with Gasteiger partial charge in [0.25, 0.3) is 6.43 Å². The third kappa shape index (κ3) is 8.17. The molecule has 0 aromatic heterocycles. The number of hydrogen-bond donors (Lipinski definition) is 2. The first-order valence-electron chi connectivity index (χ1n) is 10.8. The first-order valence-corrected chi connectivity index (χ1v) is 10.8. The fourth-order valence-electron chi connectivity index (χ4n) is 3.57. The van der Waals surface area contributed by atoms with E-state index in [9.17, 15) is 13.6 Å². The van der Waals surface area contributed by atoms with Gasteiger partial charge in [0.15, 0.2) is 0 Å². The van der Waals surface area contributed by atoms with Gasteiger partial charge in [-0.1, -0.05) is 43.3 Å². The van der Waals surface area contributed by atoms with Gasteiger partial charge >= 0.3 is 6.03 Å². The average molecular weight is 432 g/mol. The number of likely N-dealkylation sites (tertiary alicyclic amines) is 1. The van der Waals surface area contributed by atoms with Crippen LogP contribution in [0.1, 0.15) is 36.5 Å². The molecule has 1 fully saturated rings. The molecule has 0 radical (unpaired) electrons. The lowest BCUT2D eigenvalue weighted by Crippen LogP contribution is -2.34. The number of piperidine rings is 1. The first kappa shape index (κ1) is 23.0. The van der Waals surface area contributed by atoms with Gasteiger partial charge in [-0.3, -0.25) is 4.90 Å². The van der Waals surface area contributed by atoms with Crippen molar-refractivity contribution in [3.63, 3.8) is 0 Å². The maximum absolute atomic E-state index is 12.2. The van der Waals surface area contributed by atoms with Crippen LogP contribution in [0.25, 0.3) is 0 Å². The highest BCUT2D eigenvalue weighted by atomic mass is 19.3. The number of carbonyl (C=O) groups excluding carboxylic acids is 1. The molecule has 1 aliphatic rings. The van der Waals surface area contributed by atoms with Crippen molar-refractivity contribution in [1.82, 2.24) is 15.5 Å². The number of amides is 2. The predicted molar refractivity (Wildman–Crippen MR) is 117 cm³/mol. The molecular formula is C24H31F2N3O2. The summed E-state index contributed by atoms with van der Waals surface area (Å²) < 4.78 is 29.5. The Morgan fingerprint density at radius 3 is 2.35 bits per heavy atom. The highest BCUT2D eigenvalue weighted by Gasteiger charge is 2.15. The van der Waals surface area contributed by atoms with E-state index in [1.807, 2.05) is 12.1 Å². The fraction of sp³-hybridized carbons (Fsp3) is 0.458. The second kappa shape index (κ2) is 11.6. The van der Waals surface area contributed by atoms with Crippen LogP contribution in [0, 0.1) is 5.92 Å². The lowest BCUT2D eigenvalue weighted by Gasteiger charge is -2.30. The van der Waals surface area contributed by atoms with Crippen molar-refractivity contribution in [2.45, 2.75) is 45.8 Å². The molecule has 0 spiro atoms. The van der Waals surface area contributed by atoms with Gasteiger partial charge in [0.05, 0.1) is 0 Å². The van der Waals surface area contributed by atoms with E-state index in [0.717, 1.165) is 36.7 Å². The maximum Gasteiger partial charge on any atom is 0.315 e. The quantitative estimate of drug-likeness (QED) is 0.612. The summed E-state index contributed by atoms with van der Waals surface area (Å²) in [5.74, 6) is 1.19. The number of benzene rings is 2. The number of nitrogens with one attached hydrogen (secondary N) is 2. The number of rotatable bonds is 9. The van der Waals surface area contributed by atoms with Crippen molar-refractivity contribution in [1.29, 1.82) is 0 Å². The van der Waals surface area contributed by atoms with Gasteiger partial charge in [0.1, 0.15) is 12.4 Å². The molecule has 2 N–H and O–H groups in total. The topological polar surface area (TPSA) is 53.6 Å². The molecule has 0 saturated carbocycles. The molecule has 7 heteroatoms. The Labute approximate surface area is 182 Å². The van der Waals surface area contributed by atoms with Crippen molar-refractivity contribution in [2.24, 2.45) is 5.92 Å². The second-order valence-corrected chi connectivity index (χ2v) is 8.16. The van der Waals surface area contributed by atoms with E-state index >= 15 is 0 Å². The van der Waals surface area contributed by atoms with E-state index in [2.05, 4.69) is 34.6 Å². The summed E-state index contributed by atoms with van der Waals surface area (Å²) in [5, 5.41) is 5.61. The number of halogens is 2. The van der Waals surface area contributed by atoms with Crippen molar-refractivity contribution in [2.75, 3.05) is 19.7 Å². The third-order valence-corrected chi connectivity index (χ3v) is 5.49. The standard InChI is InChI=1S/C24H31F2N3O2/c1-18-9-11-29(12-10-18)16-20-7-5-19(6-8-20)14-27-24(30)28-15-21-3-2-4-22(13-21)31-17-23(25)26/h2-8,13,18,23H,9-12,14-17H2,1H3,(H2,27,28,30). The van der Waals surface area contributed by atoms with Gasteiger partial charge in [-0.2, -0.15) is 0 Å². The van der Waals surface area contributed by atoms with E-state index < -0.39 is 13.0 Å². The van der Waals surface area contributed by atoms with Crippen molar-refractivity contribution in [3.05, 3.63) is 65.2 Å². The van der Waals surface area contributed by atoms with Crippen molar-refractivity contribution in [3.8, 4) is 5.75 Å². The fourth-order valence-corrected chi connectivity index (χ4v) is 3.57. The molecule has 168 valence electrons. The van der Waals surface area contributed by atoms with Crippen LogP contribution < -0.4 is 15.4 Å². The van der Waals surface area contributed by atoms with Crippen molar-refractivity contribution < 1.29 is 18.3 Å². The summed E-state index contributed by atoms with van der Waals surface area (Å²) in [6.07, 6.45) is 0.0177. The Balaban J connectivity index is 1.38. The van der Waals surface area contributed by atoms with Crippen LogP contribution >= 0.6 is 0 Å². The van der Waals surface area contributed by atoms with Crippen LogP contribution in [0.15, 0.2) is 48.5 Å². The largest absolute Gasteiger partial charge is 0.488 e. The Hall–Kier alpha value is -2.67. The molecule has 0 aliphatic carbocycles. The number of nitrogens with zero attached hydrogens (tertiary/aromatic N) is 1. The number of alkyl halides is 2. The first-order chi connectivity index (χ1) is 15.0. The third-order valence-electron chi connectivity index (χ3n) is 5.49. The smallest absolute Gasteiger partial charge is 0.315 e. The Bertz CT molecular complexity index is 822. The Morgan fingerprint density at radius 2 is 1.68 bits per heavy atom. The highest BCUT2D eigenvalue weighted by molar-refractivity contribution is 5.73. The maximum atomic E-state index is 12.2. The Kier molecular flexibility index (Phi) is 8.64. The zero-order valence-electron chi connectivity index (χ0n) is 17.9. The van der Waals surface area contributed by atoms with Gasteiger partial charge in [-0.25, -0.2) is 13.6 Å². The highest BCUT2D eigenvalue weighted by Crippen LogP contribution is 2.18. The minimum Gasteiger partial charge on any atom is -0.488 e. The molecule has 2 aromatic carbocycles. The zero-order chi connectivity index (χ0) is 22.1. The van der Waals surface area contributed by atoms with Gasteiger partial charge in [0, 0.05) is 19.6 Å². The van der Waals surface area contributed by atoms with E-state index in [1.54, 1.807) is 24.3 Å². The molecule has 0 atom stereocenters. The van der Waals surface area contributed by atoms with Crippen LogP contribution in [-0.2, 0) is 19.6 Å². The molecule has 1 aliphatic heterocycles. The van der Waals surface area contributed by atoms with Gasteiger partial charge in [-0.05, 0) is 60.7 Å². The van der Waals surface area contributed by atoms with E-state index in [1.165, 1.54) is 18.4 Å². The predicted octanol–water partition coefficient (Wildman–Crippen LogP) is 4.56. The molecule has 2 aromatic rings. The van der Waals surface area contributed by atoms with Crippen LogP contribution in [-0.4, -0.2) is 37.1 Å². The van der Waals surface area contributed by atoms with Crippen molar-refractivity contribution >= 4 is 6.03 Å². The number of ether oxygens (including phenoxy) is 1. The van der Waals surface area contributed by atoms with E-state index in [0.29, 0.717) is 12.3 Å². The van der Waals surface area contributed by atoms with E-state index in [-0.39, 0.29) is 12.6 Å². The number of urea groups is 1. The van der Waals surface area contributed by atoms with Gasteiger partial charge in [0.2, 0.25) is 0 Å². The minimum absolute atomic E-state index is 0.283. The summed E-state index contributed by atoms with van der Waals surface area (Å²) in [7, 11) is 0. The molecule has 1 heterocycles. The van der Waals surface area contributed by atoms with Crippen LogP contribution in [0.3, 0.4) is 0 Å². The van der Waals surface area contributed by atoms with Crippen LogP contribution in [0.2, 0.25) is 0 Å². The number of hydrogen-bond acceptors (Lipinski definition) is 3.